The molecule has 0 saturated carbocycles. The first kappa shape index (κ1) is 36.5. The van der Waals surface area contributed by atoms with Crippen LogP contribution < -0.4 is 21.6 Å². The number of carbonyl (C=O) groups excluding carboxylic acids is 2. The van der Waals surface area contributed by atoms with Gasteiger partial charge in [0.1, 0.15) is 6.04 Å². The number of likely N-dealkylation sites (tertiary alicyclic amines) is 1. The molecule has 3 aromatic heterocycles. The lowest BCUT2D eigenvalue weighted by Crippen LogP contribution is -2.57. The summed E-state index contributed by atoms with van der Waals surface area (Å²) >= 11 is 0. The van der Waals surface area contributed by atoms with Gasteiger partial charge in [-0.05, 0) is 48.7 Å². The average molecular weight is 756 g/mol. The van der Waals surface area contributed by atoms with Gasteiger partial charge in [0.15, 0.2) is 0 Å². The molecule has 0 radical (unpaired) electrons. The van der Waals surface area contributed by atoms with Gasteiger partial charge in [-0.2, -0.15) is 26.3 Å². The molecule has 1 atom stereocenters. The van der Waals surface area contributed by atoms with Crippen LogP contribution >= 0.6 is 0 Å². The Morgan fingerprint density at radius 1 is 0.889 bits per heavy atom. The van der Waals surface area contributed by atoms with E-state index in [1.165, 1.54) is 9.80 Å². The number of nitrogens with one attached hydrogen (secondary N) is 2. The number of imidazole rings is 1. The number of halogens is 6. The SMILES string of the molecule is Nc1c(C(F)(F)F)cc(C[C@@H](NC(=O)N2CCC(n3c(=O)[nH]c4c5ccccc5ncc43)CC2)C(=O)N2CCN(c3ccncc3)CC2)cc1C(F)(F)F. The van der Waals surface area contributed by atoms with E-state index in [1.54, 1.807) is 35.3 Å². The zero-order valence-corrected chi connectivity index (χ0v) is 28.6. The molecule has 2 aliphatic rings. The predicted octanol–water partition coefficient (Wildman–Crippen LogP) is 5.20. The van der Waals surface area contributed by atoms with E-state index in [0.717, 1.165) is 11.1 Å². The molecule has 2 fully saturated rings. The van der Waals surface area contributed by atoms with Crippen molar-refractivity contribution >= 4 is 45.2 Å². The minimum atomic E-state index is -5.22. The zero-order chi connectivity index (χ0) is 38.4. The van der Waals surface area contributed by atoms with E-state index in [0.29, 0.717) is 54.6 Å². The summed E-state index contributed by atoms with van der Waals surface area (Å²) in [5.74, 6) is -0.656. The van der Waals surface area contributed by atoms with E-state index in [2.05, 4.69) is 20.3 Å². The topological polar surface area (TPSA) is 145 Å². The largest absolute Gasteiger partial charge is 0.418 e. The van der Waals surface area contributed by atoms with Crippen LogP contribution in [0.15, 0.2) is 71.9 Å². The van der Waals surface area contributed by atoms with Crippen LogP contribution in [0.25, 0.3) is 21.9 Å². The molecule has 54 heavy (non-hydrogen) atoms. The fraction of sp³-hybridized carbons (Fsp3) is 0.361. The van der Waals surface area contributed by atoms with E-state index in [1.807, 2.05) is 29.2 Å². The molecule has 4 N–H and O–H groups in total. The summed E-state index contributed by atoms with van der Waals surface area (Å²) in [7, 11) is 0. The van der Waals surface area contributed by atoms with Gasteiger partial charge in [0.25, 0.3) is 0 Å². The maximum Gasteiger partial charge on any atom is 0.418 e. The number of nitrogen functional groups attached to an aromatic ring is 1. The number of aromatic amines is 1. The van der Waals surface area contributed by atoms with Crippen molar-refractivity contribution in [3.63, 3.8) is 0 Å². The van der Waals surface area contributed by atoms with Crippen molar-refractivity contribution in [1.82, 2.24) is 34.6 Å². The third-order valence-corrected chi connectivity index (χ3v) is 10.1. The Morgan fingerprint density at radius 2 is 1.52 bits per heavy atom. The standard InChI is InChI=1S/C36H35F6N9O3/c37-35(38,39)25-17-21(18-26(30(25)43)36(40,41)42)19-28(32(52)49-15-13-48(14-16-49)22-5-9-44-10-6-22)46-33(53)50-11-7-23(8-12-50)51-29-20-45-27-4-2-1-3-24(27)31(29)47-34(51)54/h1-6,9-10,17-18,20,23,28H,7-8,11-16,19,43H2,(H,46,53)(H,47,54)/t28-/m1/s1. The Bertz CT molecular complexity index is 2210. The summed E-state index contributed by atoms with van der Waals surface area (Å²) < 4.78 is 85.0. The van der Waals surface area contributed by atoms with Crippen LogP contribution in [-0.4, -0.2) is 86.6 Å². The minimum Gasteiger partial charge on any atom is -0.398 e. The number of piperazine rings is 1. The van der Waals surface area contributed by atoms with Crippen LogP contribution in [-0.2, 0) is 23.6 Å². The van der Waals surface area contributed by atoms with Gasteiger partial charge in [0.2, 0.25) is 5.91 Å². The van der Waals surface area contributed by atoms with Gasteiger partial charge in [0.05, 0.1) is 39.6 Å². The summed E-state index contributed by atoms with van der Waals surface area (Å²) in [4.78, 5) is 57.1. The van der Waals surface area contributed by atoms with Gasteiger partial charge < -0.3 is 30.7 Å². The normalized spacial score (nSPS) is 16.6. The van der Waals surface area contributed by atoms with Crippen LogP contribution in [0.1, 0.15) is 35.6 Å². The van der Waals surface area contributed by atoms with E-state index < -0.39 is 59.1 Å². The monoisotopic (exact) mass is 755 g/mol. The van der Waals surface area contributed by atoms with Gasteiger partial charge in [-0.25, -0.2) is 9.59 Å². The predicted molar refractivity (Wildman–Crippen MR) is 188 cm³/mol. The number of urea groups is 1. The Balaban J connectivity index is 1.11. The third kappa shape index (κ3) is 7.23. The summed E-state index contributed by atoms with van der Waals surface area (Å²) in [6.45, 7) is 1.46. The van der Waals surface area contributed by atoms with Crippen LogP contribution in [0.3, 0.4) is 0 Å². The Hall–Kier alpha value is -5.81. The van der Waals surface area contributed by atoms with Crippen molar-refractivity contribution in [2.75, 3.05) is 49.9 Å². The summed E-state index contributed by atoms with van der Waals surface area (Å²) in [5.41, 5.74) is 2.53. The number of benzene rings is 2. The van der Waals surface area contributed by atoms with Gasteiger partial charge >= 0.3 is 24.1 Å². The van der Waals surface area contributed by atoms with E-state index in [4.69, 9.17) is 5.73 Å². The van der Waals surface area contributed by atoms with Crippen LogP contribution in [0.4, 0.5) is 42.5 Å². The Kier molecular flexibility index (Phi) is 9.61. The van der Waals surface area contributed by atoms with Crippen LogP contribution in [0, 0.1) is 0 Å². The van der Waals surface area contributed by atoms with E-state index in [-0.39, 0.29) is 37.9 Å². The molecule has 5 heterocycles. The van der Waals surface area contributed by atoms with Crippen molar-refractivity contribution in [1.29, 1.82) is 0 Å². The number of fused-ring (bicyclic) bond motifs is 3. The van der Waals surface area contributed by atoms with Gasteiger partial charge in [-0.3, -0.25) is 19.3 Å². The van der Waals surface area contributed by atoms with E-state index in [9.17, 15) is 40.7 Å². The summed E-state index contributed by atoms with van der Waals surface area (Å²) in [6, 6.07) is 9.42. The molecule has 2 aliphatic heterocycles. The Labute approximate surface area is 303 Å². The molecule has 284 valence electrons. The number of hydrogen-bond donors (Lipinski definition) is 3. The number of alkyl halides is 6. The number of anilines is 2. The fourth-order valence-corrected chi connectivity index (χ4v) is 7.35. The van der Waals surface area contributed by atoms with Crippen molar-refractivity contribution in [2.24, 2.45) is 0 Å². The molecule has 5 aromatic rings. The number of carbonyl (C=O) groups is 2. The lowest BCUT2D eigenvalue weighted by Gasteiger charge is -2.38. The number of para-hydroxylation sites is 1. The third-order valence-electron chi connectivity index (χ3n) is 10.1. The van der Waals surface area contributed by atoms with Gasteiger partial charge in [-0.15, -0.1) is 0 Å². The first-order chi connectivity index (χ1) is 25.7. The summed E-state index contributed by atoms with van der Waals surface area (Å²) in [5, 5.41) is 3.39. The maximum atomic E-state index is 14.0. The first-order valence-electron chi connectivity index (χ1n) is 17.2. The number of nitrogens with zero attached hydrogens (tertiary/aromatic N) is 6. The maximum absolute atomic E-state index is 14.0. The van der Waals surface area contributed by atoms with Crippen LogP contribution in [0.5, 0.6) is 0 Å². The molecular weight excluding hydrogens is 720 g/mol. The fourth-order valence-electron chi connectivity index (χ4n) is 7.35. The second-order valence-electron chi connectivity index (χ2n) is 13.4. The average Bonchev–Trinajstić information content (AvgIpc) is 3.50. The molecule has 2 saturated heterocycles. The number of hydrogen-bond acceptors (Lipinski definition) is 7. The van der Waals surface area contributed by atoms with Crippen molar-refractivity contribution in [3.8, 4) is 0 Å². The number of rotatable bonds is 6. The number of pyridine rings is 2. The highest BCUT2D eigenvalue weighted by Crippen LogP contribution is 2.42. The highest BCUT2D eigenvalue weighted by Gasteiger charge is 2.41. The molecule has 0 unspecified atom stereocenters. The highest BCUT2D eigenvalue weighted by atomic mass is 19.4. The van der Waals surface area contributed by atoms with Gasteiger partial charge in [0, 0.05) is 75.2 Å². The second-order valence-corrected chi connectivity index (χ2v) is 13.4. The molecule has 7 rings (SSSR count). The molecule has 3 amide bonds. The van der Waals surface area contributed by atoms with Gasteiger partial charge in [-0.1, -0.05) is 18.2 Å². The number of piperidine rings is 1. The number of amides is 3. The molecule has 12 nitrogen and oxygen atoms in total. The minimum absolute atomic E-state index is 0.153. The molecule has 0 aliphatic carbocycles. The molecule has 0 spiro atoms. The lowest BCUT2D eigenvalue weighted by atomic mass is 9.96. The van der Waals surface area contributed by atoms with E-state index >= 15 is 0 Å². The number of nitrogens with two attached hydrogens (primary N) is 1. The smallest absolute Gasteiger partial charge is 0.398 e. The quantitative estimate of drug-likeness (QED) is 0.160. The van der Waals surface area contributed by atoms with Crippen LogP contribution in [0.2, 0.25) is 0 Å². The molecule has 18 heteroatoms. The lowest BCUT2D eigenvalue weighted by molar-refractivity contribution is -0.141. The summed E-state index contributed by atoms with van der Waals surface area (Å²) in [6.07, 6.45) is -5.53. The molecular formula is C36H35F6N9O3. The first-order valence-corrected chi connectivity index (χ1v) is 17.2. The van der Waals surface area contributed by atoms with Crippen molar-refractivity contribution < 1.29 is 35.9 Å². The number of H-pyrrole nitrogens is 1. The number of aromatic nitrogens is 4. The molecule has 0 bridgehead atoms. The molecule has 2 aromatic carbocycles. The van der Waals surface area contributed by atoms with Crippen molar-refractivity contribution in [2.45, 2.75) is 43.7 Å². The highest BCUT2D eigenvalue weighted by molar-refractivity contribution is 6.01. The Morgan fingerprint density at radius 3 is 2.15 bits per heavy atom. The second kappa shape index (κ2) is 14.2. The van der Waals surface area contributed by atoms with Crippen molar-refractivity contribution in [3.05, 3.63) is 94.3 Å². The zero-order valence-electron chi connectivity index (χ0n) is 28.6.